The molecule has 1 aromatic carbocycles. The molecule has 0 saturated carbocycles. The number of aliphatic hydroxyl groups is 1. The molecule has 0 saturated heterocycles. The van der Waals surface area contributed by atoms with E-state index in [0.717, 1.165) is 24.3 Å². The number of hydrogen-bond acceptors (Lipinski definition) is 3. The molecule has 27 heavy (non-hydrogen) atoms. The largest absolute Gasteiger partial charge is 0.457 e. The van der Waals surface area contributed by atoms with E-state index in [1.807, 2.05) is 0 Å². The second-order valence-corrected chi connectivity index (χ2v) is 5.79. The van der Waals surface area contributed by atoms with Crippen molar-refractivity contribution in [1.82, 2.24) is 10.3 Å². The molecule has 2 N–H and O–H groups in total. The van der Waals surface area contributed by atoms with Crippen molar-refractivity contribution in [1.29, 1.82) is 0 Å². The molecule has 0 aliphatic rings. The number of aromatic nitrogens is 1. The Balaban J connectivity index is 2.42. The van der Waals surface area contributed by atoms with Crippen molar-refractivity contribution >= 4 is 5.91 Å². The topological polar surface area (TPSA) is 62.2 Å². The highest BCUT2D eigenvalue weighted by molar-refractivity contribution is 5.87. The van der Waals surface area contributed by atoms with Gasteiger partial charge in [-0.2, -0.15) is 26.3 Å². The summed E-state index contributed by atoms with van der Waals surface area (Å²) in [5.74, 6) is -8.88. The van der Waals surface area contributed by atoms with Crippen LogP contribution in [0.3, 0.4) is 0 Å². The molecule has 1 atom stereocenters. The third kappa shape index (κ3) is 3.75. The maximum Gasteiger partial charge on any atom is 0.457 e. The van der Waals surface area contributed by atoms with Crippen LogP contribution in [0.15, 0.2) is 42.6 Å². The van der Waals surface area contributed by atoms with E-state index in [2.05, 4.69) is 4.98 Å². The molecule has 0 aliphatic carbocycles. The van der Waals surface area contributed by atoms with Crippen molar-refractivity contribution in [2.45, 2.75) is 31.2 Å². The SMILES string of the molecule is Cc1cnc(F)c(CNC(=O)[C@@](O)(c2ccccc2)C(F)(F)C(F)(F)F)c1. The molecule has 0 radical (unpaired) electrons. The molecule has 4 nitrogen and oxygen atoms in total. The summed E-state index contributed by atoms with van der Waals surface area (Å²) in [7, 11) is 0. The van der Waals surface area contributed by atoms with Crippen LogP contribution in [-0.2, 0) is 16.9 Å². The summed E-state index contributed by atoms with van der Waals surface area (Å²) in [6, 6.07) is 6.23. The van der Waals surface area contributed by atoms with E-state index in [1.165, 1.54) is 25.3 Å². The zero-order valence-corrected chi connectivity index (χ0v) is 13.8. The first-order chi connectivity index (χ1) is 12.4. The zero-order valence-electron chi connectivity index (χ0n) is 13.8. The summed E-state index contributed by atoms with van der Waals surface area (Å²) in [5, 5.41) is 12.0. The number of rotatable bonds is 5. The minimum Gasteiger partial charge on any atom is -0.370 e. The first-order valence-electron chi connectivity index (χ1n) is 7.53. The van der Waals surface area contributed by atoms with Crippen molar-refractivity contribution in [2.75, 3.05) is 0 Å². The standard InChI is InChI=1S/C17H14F6N2O2/c1-10-7-11(13(18)24-8-10)9-25-14(26)15(27,12-5-3-2-4-6-12)16(19,20)17(21,22)23/h2-8,27H,9H2,1H3,(H,25,26)/t15-/m0/s1. The van der Waals surface area contributed by atoms with Gasteiger partial charge in [0, 0.05) is 18.3 Å². The third-order valence-corrected chi connectivity index (χ3v) is 3.82. The predicted molar refractivity (Wildman–Crippen MR) is 82.1 cm³/mol. The summed E-state index contributed by atoms with van der Waals surface area (Å²) in [6.07, 6.45) is -5.05. The molecule has 0 aliphatic heterocycles. The predicted octanol–water partition coefficient (Wildman–Crippen LogP) is 3.23. The average molecular weight is 392 g/mol. The highest BCUT2D eigenvalue weighted by atomic mass is 19.4. The fourth-order valence-corrected chi connectivity index (χ4v) is 2.38. The lowest BCUT2D eigenvalue weighted by Gasteiger charge is -2.35. The van der Waals surface area contributed by atoms with Crippen LogP contribution in [0.5, 0.6) is 0 Å². The number of nitrogens with one attached hydrogen (secondary N) is 1. The normalized spacial score (nSPS) is 14.5. The van der Waals surface area contributed by atoms with Gasteiger partial charge in [0.15, 0.2) is 0 Å². The number of nitrogens with zero attached hydrogens (tertiary/aromatic N) is 1. The van der Waals surface area contributed by atoms with E-state index in [4.69, 9.17) is 0 Å². The number of amides is 1. The van der Waals surface area contributed by atoms with E-state index in [0.29, 0.717) is 5.56 Å². The van der Waals surface area contributed by atoms with Gasteiger partial charge in [0.2, 0.25) is 11.5 Å². The molecule has 0 fully saturated rings. The van der Waals surface area contributed by atoms with Crippen molar-refractivity contribution in [3.05, 3.63) is 65.2 Å². The van der Waals surface area contributed by atoms with Gasteiger partial charge in [-0.25, -0.2) is 4.98 Å². The van der Waals surface area contributed by atoms with Crippen molar-refractivity contribution in [3.63, 3.8) is 0 Å². The van der Waals surface area contributed by atoms with E-state index < -0.39 is 41.7 Å². The molecular formula is C17H14F6N2O2. The summed E-state index contributed by atoms with van der Waals surface area (Å²) < 4.78 is 80.4. The van der Waals surface area contributed by atoms with Crippen molar-refractivity contribution in [3.8, 4) is 0 Å². The van der Waals surface area contributed by atoms with Crippen LogP contribution in [0.2, 0.25) is 0 Å². The second-order valence-electron chi connectivity index (χ2n) is 5.79. The van der Waals surface area contributed by atoms with Gasteiger partial charge in [-0.1, -0.05) is 30.3 Å². The lowest BCUT2D eigenvalue weighted by Crippen LogP contribution is -2.62. The number of carbonyl (C=O) groups excluding carboxylic acids is 1. The minimum absolute atomic E-state index is 0.242. The quantitative estimate of drug-likeness (QED) is 0.607. The molecule has 0 bridgehead atoms. The summed E-state index contributed by atoms with van der Waals surface area (Å²) in [4.78, 5) is 15.6. The van der Waals surface area contributed by atoms with Gasteiger partial charge in [0.05, 0.1) is 0 Å². The fourth-order valence-electron chi connectivity index (χ4n) is 2.38. The maximum atomic E-state index is 14.1. The lowest BCUT2D eigenvalue weighted by molar-refractivity contribution is -0.337. The summed E-state index contributed by atoms with van der Waals surface area (Å²) in [5.41, 5.74) is -4.98. The Morgan fingerprint density at radius 2 is 1.74 bits per heavy atom. The number of benzene rings is 1. The Morgan fingerprint density at radius 3 is 2.30 bits per heavy atom. The lowest BCUT2D eigenvalue weighted by atomic mass is 9.85. The molecule has 146 valence electrons. The van der Waals surface area contributed by atoms with E-state index in [9.17, 15) is 36.2 Å². The van der Waals surface area contributed by atoms with Crippen LogP contribution < -0.4 is 5.32 Å². The smallest absolute Gasteiger partial charge is 0.370 e. The van der Waals surface area contributed by atoms with Gasteiger partial charge in [-0.05, 0) is 24.1 Å². The molecule has 1 amide bonds. The van der Waals surface area contributed by atoms with Gasteiger partial charge >= 0.3 is 12.1 Å². The first-order valence-corrected chi connectivity index (χ1v) is 7.53. The van der Waals surface area contributed by atoms with Gasteiger partial charge in [-0.15, -0.1) is 0 Å². The monoisotopic (exact) mass is 392 g/mol. The van der Waals surface area contributed by atoms with Crippen LogP contribution in [0.1, 0.15) is 16.7 Å². The summed E-state index contributed by atoms with van der Waals surface area (Å²) >= 11 is 0. The third-order valence-electron chi connectivity index (χ3n) is 3.82. The minimum atomic E-state index is -6.22. The highest BCUT2D eigenvalue weighted by Crippen LogP contribution is 2.48. The molecule has 1 aromatic heterocycles. The second kappa shape index (κ2) is 7.18. The van der Waals surface area contributed by atoms with Gasteiger partial charge in [-0.3, -0.25) is 4.79 Å². The van der Waals surface area contributed by atoms with Crippen molar-refractivity contribution < 1.29 is 36.2 Å². The van der Waals surface area contributed by atoms with Crippen LogP contribution in [0, 0.1) is 12.9 Å². The van der Waals surface area contributed by atoms with Crippen LogP contribution in [-0.4, -0.2) is 28.1 Å². The Hall–Kier alpha value is -2.62. The number of carbonyl (C=O) groups is 1. The molecule has 2 rings (SSSR count). The van der Waals surface area contributed by atoms with Crippen molar-refractivity contribution in [2.24, 2.45) is 0 Å². The Labute approximate surface area is 149 Å². The number of halogens is 6. The molecule has 10 heteroatoms. The Morgan fingerprint density at radius 1 is 1.15 bits per heavy atom. The van der Waals surface area contributed by atoms with Gasteiger partial charge in [0.1, 0.15) is 0 Å². The average Bonchev–Trinajstić information content (AvgIpc) is 2.61. The number of alkyl halides is 5. The van der Waals surface area contributed by atoms with E-state index in [1.54, 1.807) is 5.32 Å². The van der Waals surface area contributed by atoms with Crippen LogP contribution >= 0.6 is 0 Å². The van der Waals surface area contributed by atoms with E-state index >= 15 is 0 Å². The number of hydrogen-bond donors (Lipinski definition) is 2. The number of aryl methyl sites for hydroxylation is 1. The highest BCUT2D eigenvalue weighted by Gasteiger charge is 2.73. The summed E-state index contributed by atoms with van der Waals surface area (Å²) in [6.45, 7) is 0.790. The molecular weight excluding hydrogens is 378 g/mol. The molecule has 0 spiro atoms. The zero-order chi connectivity index (χ0) is 20.5. The van der Waals surface area contributed by atoms with Gasteiger partial charge < -0.3 is 10.4 Å². The Kier molecular flexibility index (Phi) is 5.50. The number of pyridine rings is 1. The van der Waals surface area contributed by atoms with Gasteiger partial charge in [0.25, 0.3) is 5.91 Å². The van der Waals surface area contributed by atoms with Crippen LogP contribution in [0.4, 0.5) is 26.3 Å². The maximum absolute atomic E-state index is 14.1. The van der Waals surface area contributed by atoms with Crippen LogP contribution in [0.25, 0.3) is 0 Å². The first kappa shape index (κ1) is 20.7. The molecule has 2 aromatic rings. The fraction of sp³-hybridized carbons (Fsp3) is 0.294. The Bertz CT molecular complexity index is 826. The molecule has 1 heterocycles. The molecule has 0 unspecified atom stereocenters. The van der Waals surface area contributed by atoms with E-state index in [-0.39, 0.29) is 5.56 Å².